The largest absolute Gasteiger partial charge is 0.494 e. The van der Waals surface area contributed by atoms with Gasteiger partial charge in [-0.05, 0) is 162 Å². The molecule has 0 bridgehead atoms. The van der Waals surface area contributed by atoms with Crippen LogP contribution in [0, 0.1) is 54.8 Å². The van der Waals surface area contributed by atoms with E-state index < -0.39 is 0 Å². The number of aryl methyl sites for hydroxylation is 4. The molecule has 1 aliphatic heterocycles. The summed E-state index contributed by atoms with van der Waals surface area (Å²) in [5.74, 6) is 2.42. The Morgan fingerprint density at radius 2 is 0.989 bits per heavy atom. The minimum atomic E-state index is -0.349. The van der Waals surface area contributed by atoms with Crippen LogP contribution in [0.3, 0.4) is 0 Å². The molecule has 8 heterocycles. The van der Waals surface area contributed by atoms with Crippen LogP contribution < -0.4 is 41.8 Å². The molecule has 23 heteroatoms. The van der Waals surface area contributed by atoms with Crippen molar-refractivity contribution < 1.29 is 23.5 Å². The number of benzene rings is 3. The van der Waals surface area contributed by atoms with E-state index in [4.69, 9.17) is 51.8 Å². The summed E-state index contributed by atoms with van der Waals surface area (Å²) in [4.78, 5) is 25.3. The monoisotopic (exact) mass is 1210 g/mol. The Kier molecular flexibility index (Phi) is 21.0. The number of nitrogens with two attached hydrogens (primary N) is 2. The molecule has 0 aliphatic carbocycles. The minimum absolute atomic E-state index is 0.145. The van der Waals surface area contributed by atoms with Gasteiger partial charge in [-0.25, -0.2) is 19.6 Å². The van der Waals surface area contributed by atoms with Gasteiger partial charge in [-0.2, -0.15) is 15.8 Å². The summed E-state index contributed by atoms with van der Waals surface area (Å²) < 4.78 is 31.4. The average Bonchev–Trinajstić information content (AvgIpc) is 2.15. The summed E-state index contributed by atoms with van der Waals surface area (Å²) in [5, 5.41) is 41.2. The van der Waals surface area contributed by atoms with Crippen LogP contribution in [0.5, 0.6) is 17.2 Å². The first-order valence-electron chi connectivity index (χ1n) is 28.0. The molecule has 1 aliphatic rings. The molecule has 1 saturated heterocycles. The van der Waals surface area contributed by atoms with E-state index >= 15 is 0 Å². The van der Waals surface area contributed by atoms with Gasteiger partial charge in [0.2, 0.25) is 0 Å². The molecule has 450 valence electrons. The quantitative estimate of drug-likeness (QED) is 0.0581. The van der Waals surface area contributed by atoms with Gasteiger partial charge in [0, 0.05) is 56.9 Å². The van der Waals surface area contributed by atoms with Crippen molar-refractivity contribution in [2.75, 3.05) is 36.2 Å². The lowest BCUT2D eigenvalue weighted by atomic mass is 9.78. The number of halogens is 1. The summed E-state index contributed by atoms with van der Waals surface area (Å²) in [6.07, 6.45) is 5.26. The zero-order chi connectivity index (χ0) is 63.8. The molecular weight excluding hydrogens is 1140 g/mol. The summed E-state index contributed by atoms with van der Waals surface area (Å²) in [6, 6.07) is 46.2. The Morgan fingerprint density at radius 3 is 1.42 bits per heavy atom. The lowest BCUT2D eigenvalue weighted by Gasteiger charge is -2.32. The molecule has 10 aromatic rings. The maximum atomic E-state index is 9.38. The number of pyridine rings is 6. The van der Waals surface area contributed by atoms with Gasteiger partial charge < -0.3 is 45.6 Å². The third-order valence-corrected chi connectivity index (χ3v) is 14.7. The number of nitrogens with one attached hydrogen (secondary N) is 2. The Bertz CT molecular complexity index is 4220. The molecule has 0 saturated carbocycles. The van der Waals surface area contributed by atoms with Gasteiger partial charge in [-0.3, -0.25) is 15.0 Å². The highest BCUT2D eigenvalue weighted by Crippen LogP contribution is 2.37. The molecule has 0 spiro atoms. The second-order valence-corrected chi connectivity index (χ2v) is 21.6. The zero-order valence-electron chi connectivity index (χ0n) is 51.0. The van der Waals surface area contributed by atoms with Gasteiger partial charge in [0.25, 0.3) is 0 Å². The van der Waals surface area contributed by atoms with Crippen molar-refractivity contribution in [3.63, 3.8) is 0 Å². The first-order chi connectivity index (χ1) is 42.7. The van der Waals surface area contributed by atoms with E-state index in [0.29, 0.717) is 59.5 Å². The first kappa shape index (κ1) is 64.3. The summed E-state index contributed by atoms with van der Waals surface area (Å²) in [6.45, 7) is 15.5. The molecule has 21 nitrogen and oxygen atoms in total. The number of rotatable bonds is 14. The van der Waals surface area contributed by atoms with Crippen LogP contribution in [0.2, 0.25) is 5.15 Å². The fourth-order valence-electron chi connectivity index (χ4n) is 8.87. The molecular formula is C66H66BClN16O5. The molecule has 3 aromatic carbocycles. The van der Waals surface area contributed by atoms with Crippen molar-refractivity contribution in [3.8, 4) is 58.0 Å². The van der Waals surface area contributed by atoms with Crippen LogP contribution in [0.25, 0.3) is 33.5 Å². The van der Waals surface area contributed by atoms with Crippen LogP contribution in [0.4, 0.5) is 22.7 Å². The van der Waals surface area contributed by atoms with Crippen LogP contribution in [0.1, 0.15) is 78.5 Å². The van der Waals surface area contributed by atoms with Gasteiger partial charge in [-0.15, -0.1) is 5.10 Å². The highest BCUT2D eigenvalue weighted by atomic mass is 35.5. The molecule has 0 atom stereocenters. The third kappa shape index (κ3) is 16.0. The number of aromatic nitrogens is 9. The molecule has 7 aromatic heterocycles. The maximum Gasteiger partial charge on any atom is 0.494 e. The SMILES string of the molecule is CNc1cc(-c2ccc(OCc3ccccn3)c(C)c2)nc(C#N)c1N.CNc1cc(Cl)nc(C#N)c1N.Cc1cc(-c2cc3c(nnn3C)c(C#N)n2)ccc1OCc1ccccn1.Cc1cc(B2OC(C)(C)C(C)(C)O2)ccc1OCc1ccccn1. The number of fused-ring (bicyclic) bond motifs is 1. The van der Waals surface area contributed by atoms with E-state index in [0.717, 1.165) is 73.1 Å². The molecule has 11 rings (SSSR count). The van der Waals surface area contributed by atoms with Crippen molar-refractivity contribution in [1.82, 2.24) is 44.9 Å². The normalized spacial score (nSPS) is 12.5. The van der Waals surface area contributed by atoms with E-state index in [1.165, 1.54) is 0 Å². The Morgan fingerprint density at radius 1 is 0.562 bits per heavy atom. The summed E-state index contributed by atoms with van der Waals surface area (Å²) >= 11 is 5.62. The predicted molar refractivity (Wildman–Crippen MR) is 345 cm³/mol. The number of hydrogen-bond donors (Lipinski definition) is 4. The maximum absolute atomic E-state index is 9.38. The minimum Gasteiger partial charge on any atom is -0.487 e. The summed E-state index contributed by atoms with van der Waals surface area (Å²) in [5.41, 5.74) is 24.5. The molecule has 0 amide bonds. The molecule has 6 N–H and O–H groups in total. The van der Waals surface area contributed by atoms with Gasteiger partial charge in [0.05, 0.1) is 67.9 Å². The number of nitrogens with zero attached hydrogens (tertiary/aromatic N) is 12. The molecule has 1 fully saturated rings. The van der Waals surface area contributed by atoms with Crippen LogP contribution in [-0.4, -0.2) is 77.3 Å². The molecule has 0 radical (unpaired) electrons. The molecule has 0 unspecified atom stereocenters. The number of nitrogen functional groups attached to an aromatic ring is 2. The van der Waals surface area contributed by atoms with E-state index in [1.807, 2.05) is 148 Å². The Balaban J connectivity index is 0.000000158. The van der Waals surface area contributed by atoms with Crippen molar-refractivity contribution >= 4 is 58.0 Å². The van der Waals surface area contributed by atoms with Crippen molar-refractivity contribution in [1.29, 1.82) is 15.8 Å². The van der Waals surface area contributed by atoms with Crippen LogP contribution in [0.15, 0.2) is 146 Å². The van der Waals surface area contributed by atoms with E-state index in [-0.39, 0.29) is 40.6 Å². The highest BCUT2D eigenvalue weighted by Gasteiger charge is 2.51. The third-order valence-electron chi connectivity index (χ3n) is 14.5. The van der Waals surface area contributed by atoms with Gasteiger partial charge in [0.1, 0.15) is 65.9 Å². The summed E-state index contributed by atoms with van der Waals surface area (Å²) in [7, 11) is 4.90. The fraction of sp³-hybridized carbons (Fsp3) is 0.227. The Labute approximate surface area is 522 Å². The van der Waals surface area contributed by atoms with E-state index in [9.17, 15) is 10.5 Å². The Hall–Kier alpha value is -10.7. The second kappa shape index (κ2) is 29.1. The average molecular weight is 1210 g/mol. The van der Waals surface area contributed by atoms with Crippen LogP contribution >= 0.6 is 11.6 Å². The highest BCUT2D eigenvalue weighted by molar-refractivity contribution is 6.62. The smallest absolute Gasteiger partial charge is 0.487 e. The predicted octanol–water partition coefficient (Wildman–Crippen LogP) is 11.2. The topological polar surface area (TPSA) is 302 Å². The van der Waals surface area contributed by atoms with Crippen molar-refractivity contribution in [2.24, 2.45) is 7.05 Å². The van der Waals surface area contributed by atoms with Crippen LogP contribution in [-0.2, 0) is 36.2 Å². The molecule has 89 heavy (non-hydrogen) atoms. The van der Waals surface area contributed by atoms with Gasteiger partial charge >= 0.3 is 7.12 Å². The van der Waals surface area contributed by atoms with E-state index in [1.54, 1.807) is 50.5 Å². The number of hydrogen-bond acceptors (Lipinski definition) is 20. The fourth-order valence-corrected chi connectivity index (χ4v) is 9.07. The lowest BCUT2D eigenvalue weighted by molar-refractivity contribution is 0.00578. The number of ether oxygens (including phenoxy) is 3. The zero-order valence-corrected chi connectivity index (χ0v) is 51.8. The van der Waals surface area contributed by atoms with Gasteiger partial charge in [-0.1, -0.05) is 47.1 Å². The lowest BCUT2D eigenvalue weighted by Crippen LogP contribution is -2.41. The van der Waals surface area contributed by atoms with Gasteiger partial charge in [0.15, 0.2) is 17.1 Å². The number of anilines is 4. The second-order valence-electron chi connectivity index (χ2n) is 21.2. The first-order valence-corrected chi connectivity index (χ1v) is 28.4. The van der Waals surface area contributed by atoms with Crippen molar-refractivity contribution in [2.45, 2.75) is 79.5 Å². The van der Waals surface area contributed by atoms with E-state index in [2.05, 4.69) is 90.7 Å². The number of nitriles is 3. The standard InChI is InChI=1S/C20H16N6O.C20H19N5O.C19H24BNO3.C7H7ClN4/c1-13-9-14(6-7-19(13)27-12-15-5-3-4-8-22-15)16-10-18-20(17(11-21)23-16)24-25-26(18)2;1-13-9-14(16-10-17(23-2)20(22)18(11-21)25-16)6-7-19(13)26-12-15-5-3-4-8-24-15;1-14-12-15(20-23-18(2,3)19(4,5)24-20)9-10-17(14)22-13-16-8-6-7-11-21-16;1-11-4-2-6(8)12-5(3-9)7(4)10/h3-10H,12H2,1-2H3;3-10H,12,22H2,1-2H3,(H,23,25);6-12H,13H2,1-5H3;2H,10H2,1H3,(H,11,12). The van der Waals surface area contributed by atoms with Crippen molar-refractivity contribution in [3.05, 3.63) is 202 Å².